The van der Waals surface area contributed by atoms with Gasteiger partial charge in [0.2, 0.25) is 0 Å². The molecule has 2 N–H and O–H groups in total. The van der Waals surface area contributed by atoms with Gasteiger partial charge in [-0.2, -0.15) is 0 Å². The average molecular weight is 185 g/mol. The summed E-state index contributed by atoms with van der Waals surface area (Å²) in [5, 5.41) is 12.2. The fourth-order valence-corrected chi connectivity index (χ4v) is 2.24. The Kier molecular flexibility index (Phi) is 2.51. The monoisotopic (exact) mass is 185 g/mol. The maximum Gasteiger partial charge on any atom is 0.306 e. The predicted molar refractivity (Wildman–Crippen MR) is 46.5 cm³/mol. The molecule has 1 heterocycles. The van der Waals surface area contributed by atoms with Crippen LogP contribution in [0.2, 0.25) is 0 Å². The molecule has 74 valence electrons. The van der Waals surface area contributed by atoms with E-state index >= 15 is 0 Å². The first-order chi connectivity index (χ1) is 6.27. The van der Waals surface area contributed by atoms with Gasteiger partial charge in [0, 0.05) is 12.6 Å². The summed E-state index contributed by atoms with van der Waals surface area (Å²) >= 11 is 0. The zero-order valence-corrected chi connectivity index (χ0v) is 7.53. The number of hydrogen-bond donors (Lipinski definition) is 2. The van der Waals surface area contributed by atoms with E-state index in [2.05, 4.69) is 5.32 Å². The van der Waals surface area contributed by atoms with E-state index < -0.39 is 5.97 Å². The lowest BCUT2D eigenvalue weighted by Crippen LogP contribution is -2.52. The van der Waals surface area contributed by atoms with Crippen LogP contribution in [0.4, 0.5) is 0 Å². The molecule has 13 heavy (non-hydrogen) atoms. The minimum absolute atomic E-state index is 0.171. The van der Waals surface area contributed by atoms with Gasteiger partial charge in [-0.15, -0.1) is 0 Å². The minimum Gasteiger partial charge on any atom is -0.481 e. The quantitative estimate of drug-likeness (QED) is 0.614. The van der Waals surface area contributed by atoms with E-state index in [1.807, 2.05) is 0 Å². The second-order valence-corrected chi connectivity index (χ2v) is 3.82. The maximum absolute atomic E-state index is 10.8. The van der Waals surface area contributed by atoms with Gasteiger partial charge in [0.25, 0.3) is 0 Å². The van der Waals surface area contributed by atoms with Crippen LogP contribution in [0.25, 0.3) is 0 Å². The van der Waals surface area contributed by atoms with E-state index in [-0.39, 0.29) is 18.1 Å². The van der Waals surface area contributed by atoms with E-state index in [0.717, 1.165) is 32.4 Å². The lowest BCUT2D eigenvalue weighted by atomic mass is 9.83. The Hall–Kier alpha value is -0.610. The fraction of sp³-hybridized carbons (Fsp3) is 0.889. The topological polar surface area (TPSA) is 58.6 Å². The van der Waals surface area contributed by atoms with Crippen LogP contribution in [-0.4, -0.2) is 36.4 Å². The summed E-state index contributed by atoms with van der Waals surface area (Å²) in [5.41, 5.74) is 0. The molecule has 0 unspecified atom stereocenters. The SMILES string of the molecule is O=C(O)[C@@H]1CC[C@@H]2OCCN[C@H]2C1. The third kappa shape index (κ3) is 1.84. The van der Waals surface area contributed by atoms with Crippen LogP contribution in [0.5, 0.6) is 0 Å². The van der Waals surface area contributed by atoms with Crippen molar-refractivity contribution in [1.29, 1.82) is 0 Å². The molecule has 0 aromatic rings. The Balaban J connectivity index is 1.95. The summed E-state index contributed by atoms with van der Waals surface area (Å²) in [6.07, 6.45) is 2.62. The molecule has 1 aliphatic heterocycles. The zero-order valence-electron chi connectivity index (χ0n) is 7.53. The Labute approximate surface area is 77.3 Å². The van der Waals surface area contributed by atoms with Crippen molar-refractivity contribution in [1.82, 2.24) is 5.32 Å². The number of hydrogen-bond acceptors (Lipinski definition) is 3. The fourth-order valence-electron chi connectivity index (χ4n) is 2.24. The first-order valence-corrected chi connectivity index (χ1v) is 4.85. The molecule has 3 atom stereocenters. The molecule has 0 radical (unpaired) electrons. The van der Waals surface area contributed by atoms with Gasteiger partial charge in [-0.1, -0.05) is 0 Å². The average Bonchev–Trinajstić information content (AvgIpc) is 2.17. The van der Waals surface area contributed by atoms with Crippen molar-refractivity contribution in [2.24, 2.45) is 5.92 Å². The van der Waals surface area contributed by atoms with Gasteiger partial charge in [-0.25, -0.2) is 0 Å². The molecule has 2 rings (SSSR count). The molecule has 0 amide bonds. The van der Waals surface area contributed by atoms with Gasteiger partial charge < -0.3 is 15.2 Å². The maximum atomic E-state index is 10.8. The molecule has 0 aromatic carbocycles. The van der Waals surface area contributed by atoms with E-state index in [0.29, 0.717) is 0 Å². The zero-order chi connectivity index (χ0) is 9.26. The summed E-state index contributed by atoms with van der Waals surface area (Å²) in [6.45, 7) is 1.62. The summed E-state index contributed by atoms with van der Waals surface area (Å²) in [5.74, 6) is -0.832. The first-order valence-electron chi connectivity index (χ1n) is 4.85. The van der Waals surface area contributed by atoms with Gasteiger partial charge in [0.15, 0.2) is 0 Å². The Morgan fingerprint density at radius 3 is 3.08 bits per heavy atom. The standard InChI is InChI=1S/C9H15NO3/c11-9(12)6-1-2-8-7(5-6)10-3-4-13-8/h6-8,10H,1-5H2,(H,11,12)/t6-,7+,8+/m1/s1. The van der Waals surface area contributed by atoms with Gasteiger partial charge in [0.1, 0.15) is 0 Å². The van der Waals surface area contributed by atoms with Gasteiger partial charge in [-0.05, 0) is 19.3 Å². The van der Waals surface area contributed by atoms with Crippen LogP contribution < -0.4 is 5.32 Å². The highest BCUT2D eigenvalue weighted by Crippen LogP contribution is 2.28. The highest BCUT2D eigenvalue weighted by molar-refractivity contribution is 5.70. The van der Waals surface area contributed by atoms with E-state index in [1.54, 1.807) is 0 Å². The largest absolute Gasteiger partial charge is 0.481 e. The van der Waals surface area contributed by atoms with Crippen molar-refractivity contribution < 1.29 is 14.6 Å². The van der Waals surface area contributed by atoms with Crippen molar-refractivity contribution in [3.63, 3.8) is 0 Å². The highest BCUT2D eigenvalue weighted by atomic mass is 16.5. The van der Waals surface area contributed by atoms with Crippen LogP contribution in [0.1, 0.15) is 19.3 Å². The van der Waals surface area contributed by atoms with Crippen LogP contribution in [0, 0.1) is 5.92 Å². The highest BCUT2D eigenvalue weighted by Gasteiger charge is 2.35. The number of carboxylic acids is 1. The van der Waals surface area contributed by atoms with Crippen molar-refractivity contribution in [3.8, 4) is 0 Å². The number of ether oxygens (including phenoxy) is 1. The van der Waals surface area contributed by atoms with Crippen molar-refractivity contribution in [3.05, 3.63) is 0 Å². The number of carbonyl (C=O) groups is 1. The molecule has 4 heteroatoms. The number of rotatable bonds is 1. The minimum atomic E-state index is -0.661. The van der Waals surface area contributed by atoms with E-state index in [4.69, 9.17) is 9.84 Å². The molecular weight excluding hydrogens is 170 g/mol. The number of fused-ring (bicyclic) bond motifs is 1. The second kappa shape index (κ2) is 3.64. The summed E-state index contributed by atoms with van der Waals surface area (Å²) in [7, 11) is 0. The lowest BCUT2D eigenvalue weighted by Gasteiger charge is -2.38. The van der Waals surface area contributed by atoms with Gasteiger partial charge in [-0.3, -0.25) is 4.79 Å². The van der Waals surface area contributed by atoms with E-state index in [1.165, 1.54) is 0 Å². The molecule has 1 saturated heterocycles. The number of aliphatic carboxylic acids is 1. The molecule has 2 aliphatic rings. The Morgan fingerprint density at radius 1 is 1.46 bits per heavy atom. The summed E-state index contributed by atoms with van der Waals surface area (Å²) in [6, 6.07) is 0.267. The number of nitrogens with one attached hydrogen (secondary N) is 1. The van der Waals surface area contributed by atoms with Crippen LogP contribution in [0.15, 0.2) is 0 Å². The molecular formula is C9H15NO3. The molecule has 0 bridgehead atoms. The molecule has 4 nitrogen and oxygen atoms in total. The lowest BCUT2D eigenvalue weighted by molar-refractivity contribution is -0.145. The van der Waals surface area contributed by atoms with Crippen LogP contribution in [-0.2, 0) is 9.53 Å². The molecule has 1 aliphatic carbocycles. The second-order valence-electron chi connectivity index (χ2n) is 3.82. The predicted octanol–water partition coefficient (Wildman–Crippen LogP) is 0.228. The third-order valence-corrected chi connectivity index (χ3v) is 2.98. The van der Waals surface area contributed by atoms with Gasteiger partial charge in [0.05, 0.1) is 18.6 Å². The molecule has 1 saturated carbocycles. The Morgan fingerprint density at radius 2 is 2.31 bits per heavy atom. The molecule has 0 spiro atoms. The number of morpholine rings is 1. The Bertz CT molecular complexity index is 207. The van der Waals surface area contributed by atoms with E-state index in [9.17, 15) is 4.79 Å². The smallest absolute Gasteiger partial charge is 0.306 e. The first kappa shape index (κ1) is 8.97. The van der Waals surface area contributed by atoms with Crippen molar-refractivity contribution in [2.45, 2.75) is 31.4 Å². The molecule has 2 fully saturated rings. The third-order valence-electron chi connectivity index (χ3n) is 2.98. The number of carboxylic acid groups (broad SMARTS) is 1. The van der Waals surface area contributed by atoms with Crippen LogP contribution >= 0.6 is 0 Å². The van der Waals surface area contributed by atoms with Crippen molar-refractivity contribution in [2.75, 3.05) is 13.2 Å². The van der Waals surface area contributed by atoms with Crippen LogP contribution in [0.3, 0.4) is 0 Å². The summed E-state index contributed by atoms with van der Waals surface area (Å²) in [4.78, 5) is 10.8. The van der Waals surface area contributed by atoms with Crippen molar-refractivity contribution >= 4 is 5.97 Å². The van der Waals surface area contributed by atoms with Gasteiger partial charge >= 0.3 is 5.97 Å². The normalized spacial score (nSPS) is 39.5. The molecule has 0 aromatic heterocycles. The summed E-state index contributed by atoms with van der Waals surface area (Å²) < 4.78 is 5.55.